The van der Waals surface area contributed by atoms with Crippen LogP contribution in [0.4, 0.5) is 5.82 Å². The van der Waals surface area contributed by atoms with Gasteiger partial charge in [-0.25, -0.2) is 19.9 Å². The van der Waals surface area contributed by atoms with E-state index in [1.165, 1.54) is 18.5 Å². The van der Waals surface area contributed by atoms with Crippen LogP contribution in [-0.4, -0.2) is 51.0 Å². The Bertz CT molecular complexity index is 804. The van der Waals surface area contributed by atoms with Gasteiger partial charge in [-0.05, 0) is 36.7 Å². The fourth-order valence-corrected chi connectivity index (χ4v) is 4.52. The van der Waals surface area contributed by atoms with Crippen LogP contribution in [0.3, 0.4) is 0 Å². The van der Waals surface area contributed by atoms with Crippen LogP contribution in [-0.2, 0) is 6.54 Å². The SMILES string of the molecule is CC(C)c1cc(N2CC3CN(Cc4ccnc(C5CC5)n4)CC3C2)ncn1. The monoisotopic (exact) mass is 364 g/mol. The summed E-state index contributed by atoms with van der Waals surface area (Å²) >= 11 is 0. The Morgan fingerprint density at radius 1 is 1.04 bits per heavy atom. The van der Waals surface area contributed by atoms with Gasteiger partial charge >= 0.3 is 0 Å². The Morgan fingerprint density at radius 2 is 1.81 bits per heavy atom. The van der Waals surface area contributed by atoms with E-state index in [2.05, 4.69) is 50.7 Å². The number of anilines is 1. The predicted octanol–water partition coefficient (Wildman–Crippen LogP) is 2.84. The van der Waals surface area contributed by atoms with Gasteiger partial charge in [0.1, 0.15) is 18.0 Å². The molecule has 2 atom stereocenters. The van der Waals surface area contributed by atoms with Crippen molar-refractivity contribution in [1.82, 2.24) is 24.8 Å². The third-order valence-electron chi connectivity index (χ3n) is 6.21. The summed E-state index contributed by atoms with van der Waals surface area (Å²) in [5, 5.41) is 0. The van der Waals surface area contributed by atoms with Crippen molar-refractivity contribution in [1.29, 1.82) is 0 Å². The Hall–Kier alpha value is -2.08. The zero-order valence-electron chi connectivity index (χ0n) is 16.3. The molecule has 2 saturated heterocycles. The highest BCUT2D eigenvalue weighted by Gasteiger charge is 2.40. The third-order valence-corrected chi connectivity index (χ3v) is 6.21. The number of aromatic nitrogens is 4. The number of hydrogen-bond acceptors (Lipinski definition) is 6. The maximum Gasteiger partial charge on any atom is 0.132 e. The molecular weight excluding hydrogens is 336 g/mol. The molecule has 6 heteroatoms. The lowest BCUT2D eigenvalue weighted by atomic mass is 10.0. The summed E-state index contributed by atoms with van der Waals surface area (Å²) in [7, 11) is 0. The third kappa shape index (κ3) is 3.55. The zero-order chi connectivity index (χ0) is 18.4. The van der Waals surface area contributed by atoms with Crippen molar-refractivity contribution in [2.75, 3.05) is 31.1 Å². The van der Waals surface area contributed by atoms with Crippen LogP contribution in [0.25, 0.3) is 0 Å². The van der Waals surface area contributed by atoms with Gasteiger partial charge in [0.25, 0.3) is 0 Å². The van der Waals surface area contributed by atoms with Crippen molar-refractivity contribution in [3.8, 4) is 0 Å². The molecule has 0 amide bonds. The molecule has 0 N–H and O–H groups in total. The van der Waals surface area contributed by atoms with Gasteiger partial charge in [0, 0.05) is 56.6 Å². The van der Waals surface area contributed by atoms with Crippen molar-refractivity contribution in [2.24, 2.45) is 11.8 Å². The Labute approximate surface area is 161 Å². The molecule has 0 aromatic carbocycles. The van der Waals surface area contributed by atoms with E-state index in [0.717, 1.165) is 61.9 Å². The molecule has 2 aromatic rings. The van der Waals surface area contributed by atoms with Gasteiger partial charge < -0.3 is 4.90 Å². The zero-order valence-corrected chi connectivity index (χ0v) is 16.3. The first-order chi connectivity index (χ1) is 13.2. The molecule has 0 bridgehead atoms. The van der Waals surface area contributed by atoms with Gasteiger partial charge in [0.2, 0.25) is 0 Å². The minimum absolute atomic E-state index is 0.442. The summed E-state index contributed by atoms with van der Waals surface area (Å²) in [6.45, 7) is 9.85. The molecule has 142 valence electrons. The van der Waals surface area contributed by atoms with E-state index in [9.17, 15) is 0 Å². The minimum atomic E-state index is 0.442. The molecule has 2 aliphatic heterocycles. The van der Waals surface area contributed by atoms with E-state index in [4.69, 9.17) is 4.98 Å². The molecule has 4 heterocycles. The first-order valence-corrected chi connectivity index (χ1v) is 10.3. The van der Waals surface area contributed by atoms with Crippen LogP contribution in [0.5, 0.6) is 0 Å². The first-order valence-electron chi connectivity index (χ1n) is 10.3. The quantitative estimate of drug-likeness (QED) is 0.813. The Balaban J connectivity index is 1.21. The number of rotatable bonds is 5. The number of fused-ring (bicyclic) bond motifs is 1. The molecule has 3 aliphatic rings. The Morgan fingerprint density at radius 3 is 2.52 bits per heavy atom. The maximum atomic E-state index is 4.80. The fourth-order valence-electron chi connectivity index (χ4n) is 4.52. The summed E-state index contributed by atoms with van der Waals surface area (Å²) in [4.78, 5) is 23.2. The average molecular weight is 364 g/mol. The molecule has 27 heavy (non-hydrogen) atoms. The molecule has 3 fully saturated rings. The lowest BCUT2D eigenvalue weighted by Gasteiger charge is -2.22. The molecule has 6 nitrogen and oxygen atoms in total. The highest BCUT2D eigenvalue weighted by Crippen LogP contribution is 2.38. The van der Waals surface area contributed by atoms with E-state index >= 15 is 0 Å². The number of likely N-dealkylation sites (tertiary alicyclic amines) is 1. The maximum absolute atomic E-state index is 4.80. The van der Waals surface area contributed by atoms with Gasteiger partial charge in [0.05, 0.1) is 5.69 Å². The van der Waals surface area contributed by atoms with Crippen LogP contribution >= 0.6 is 0 Å². The van der Waals surface area contributed by atoms with E-state index in [-0.39, 0.29) is 0 Å². The van der Waals surface area contributed by atoms with Gasteiger partial charge in [-0.3, -0.25) is 4.90 Å². The molecule has 2 unspecified atom stereocenters. The summed E-state index contributed by atoms with van der Waals surface area (Å²) in [6, 6.07) is 4.25. The van der Waals surface area contributed by atoms with Gasteiger partial charge in [-0.2, -0.15) is 0 Å². The minimum Gasteiger partial charge on any atom is -0.356 e. The standard InChI is InChI=1S/C21H28N6/c1-14(2)19-7-20(24-13-23-19)27-10-16-8-26(9-17(16)11-27)12-18-5-6-22-21(25-18)15-3-4-15/h5-7,13-17H,3-4,8-12H2,1-2H3. The molecule has 5 rings (SSSR count). The van der Waals surface area contributed by atoms with Crippen molar-refractivity contribution in [3.05, 3.63) is 41.9 Å². The smallest absolute Gasteiger partial charge is 0.132 e. The fraction of sp³-hybridized carbons (Fsp3) is 0.619. The second-order valence-corrected chi connectivity index (χ2v) is 8.76. The largest absolute Gasteiger partial charge is 0.356 e. The highest BCUT2D eigenvalue weighted by atomic mass is 15.3. The van der Waals surface area contributed by atoms with Crippen molar-refractivity contribution in [2.45, 2.75) is 45.1 Å². The van der Waals surface area contributed by atoms with Crippen LogP contribution in [0.1, 0.15) is 55.7 Å². The lowest BCUT2D eigenvalue weighted by Crippen LogP contribution is -2.29. The van der Waals surface area contributed by atoms with Crippen LogP contribution < -0.4 is 4.90 Å². The molecule has 0 spiro atoms. The molecule has 1 aliphatic carbocycles. The van der Waals surface area contributed by atoms with Gasteiger partial charge in [-0.1, -0.05) is 13.8 Å². The number of nitrogens with zero attached hydrogens (tertiary/aromatic N) is 6. The molecule has 1 saturated carbocycles. The second-order valence-electron chi connectivity index (χ2n) is 8.76. The average Bonchev–Trinajstić information content (AvgIpc) is 3.35. The van der Waals surface area contributed by atoms with E-state index in [1.807, 2.05) is 6.20 Å². The molecule has 2 aromatic heterocycles. The van der Waals surface area contributed by atoms with Gasteiger partial charge in [0.15, 0.2) is 0 Å². The Kier molecular flexibility index (Phi) is 4.31. The molecule has 0 radical (unpaired) electrons. The van der Waals surface area contributed by atoms with E-state index in [1.54, 1.807) is 6.33 Å². The number of hydrogen-bond donors (Lipinski definition) is 0. The molecular formula is C21H28N6. The summed E-state index contributed by atoms with van der Waals surface area (Å²) < 4.78 is 0. The van der Waals surface area contributed by atoms with Crippen molar-refractivity contribution in [3.63, 3.8) is 0 Å². The highest BCUT2D eigenvalue weighted by molar-refractivity contribution is 5.41. The normalized spacial score (nSPS) is 25.4. The van der Waals surface area contributed by atoms with Crippen molar-refractivity contribution >= 4 is 5.82 Å². The van der Waals surface area contributed by atoms with Crippen LogP contribution in [0, 0.1) is 11.8 Å². The lowest BCUT2D eigenvalue weighted by molar-refractivity contribution is 0.304. The van der Waals surface area contributed by atoms with E-state index in [0.29, 0.717) is 11.8 Å². The summed E-state index contributed by atoms with van der Waals surface area (Å²) in [6.07, 6.45) is 6.18. The predicted molar refractivity (Wildman–Crippen MR) is 105 cm³/mol. The second kappa shape index (κ2) is 6.82. The van der Waals surface area contributed by atoms with Crippen LogP contribution in [0.15, 0.2) is 24.7 Å². The van der Waals surface area contributed by atoms with Crippen LogP contribution in [0.2, 0.25) is 0 Å². The van der Waals surface area contributed by atoms with E-state index < -0.39 is 0 Å². The first kappa shape index (κ1) is 17.0. The van der Waals surface area contributed by atoms with Crippen molar-refractivity contribution < 1.29 is 0 Å². The summed E-state index contributed by atoms with van der Waals surface area (Å²) in [5.41, 5.74) is 2.31. The van der Waals surface area contributed by atoms with Gasteiger partial charge in [-0.15, -0.1) is 0 Å². The topological polar surface area (TPSA) is 58.0 Å². The summed E-state index contributed by atoms with van der Waals surface area (Å²) in [5.74, 6) is 4.68.